The SMILES string of the molecule is CC(C)N(c1c([Se]c2ccccc2)c1=[N+](C(C)C)C(C)C)C(C)C. The molecule has 0 aliphatic carbocycles. The Morgan fingerprint density at radius 1 is 0.792 bits per heavy atom. The molecular formula is C21H33N2Se+. The third-order valence-corrected chi connectivity index (χ3v) is 6.60. The molecule has 0 aliphatic rings. The summed E-state index contributed by atoms with van der Waals surface area (Å²) in [5.74, 6) is 0. The molecule has 0 heterocycles. The van der Waals surface area contributed by atoms with Crippen molar-refractivity contribution in [1.82, 2.24) is 4.58 Å². The molecule has 2 aromatic carbocycles. The molecule has 0 saturated carbocycles. The van der Waals surface area contributed by atoms with Crippen molar-refractivity contribution in [3.05, 3.63) is 35.7 Å². The van der Waals surface area contributed by atoms with Gasteiger partial charge in [-0.2, -0.15) is 0 Å². The van der Waals surface area contributed by atoms with Crippen molar-refractivity contribution in [1.29, 1.82) is 0 Å². The molecule has 2 aromatic rings. The van der Waals surface area contributed by atoms with Crippen molar-refractivity contribution in [2.24, 2.45) is 0 Å². The van der Waals surface area contributed by atoms with Crippen LogP contribution in [0, 0.1) is 0 Å². The maximum absolute atomic E-state index is 2.60. The summed E-state index contributed by atoms with van der Waals surface area (Å²) in [5, 5.41) is 1.52. The van der Waals surface area contributed by atoms with Gasteiger partial charge >= 0.3 is 154 Å². The molecule has 0 aromatic heterocycles. The second-order valence-corrected chi connectivity index (χ2v) is 9.90. The van der Waals surface area contributed by atoms with E-state index < -0.39 is 0 Å². The number of hydrogen-bond donors (Lipinski definition) is 0. The second-order valence-electron chi connectivity index (χ2n) is 7.63. The summed E-state index contributed by atoms with van der Waals surface area (Å²) >= 11 is 0.385. The van der Waals surface area contributed by atoms with E-state index in [0.717, 1.165) is 0 Å². The predicted octanol–water partition coefficient (Wildman–Crippen LogP) is 2.43. The van der Waals surface area contributed by atoms with Crippen LogP contribution in [-0.4, -0.2) is 39.1 Å². The van der Waals surface area contributed by atoms with Crippen molar-refractivity contribution in [3.8, 4) is 0 Å². The van der Waals surface area contributed by atoms with Crippen LogP contribution >= 0.6 is 0 Å². The molecule has 24 heavy (non-hydrogen) atoms. The zero-order valence-corrected chi connectivity index (χ0v) is 18.2. The third-order valence-electron chi connectivity index (χ3n) is 4.30. The summed E-state index contributed by atoms with van der Waals surface area (Å²) in [4.78, 5) is 2.60. The first kappa shape index (κ1) is 19.3. The molecule has 0 atom stereocenters. The molecular weight excluding hydrogens is 359 g/mol. The molecule has 0 saturated heterocycles. The van der Waals surface area contributed by atoms with E-state index in [1.807, 2.05) is 0 Å². The van der Waals surface area contributed by atoms with Crippen molar-refractivity contribution in [2.45, 2.75) is 79.6 Å². The van der Waals surface area contributed by atoms with E-state index in [4.69, 9.17) is 0 Å². The zero-order valence-electron chi connectivity index (χ0n) is 16.5. The van der Waals surface area contributed by atoms with Gasteiger partial charge in [-0.3, -0.25) is 0 Å². The van der Waals surface area contributed by atoms with E-state index in [9.17, 15) is 0 Å². The van der Waals surface area contributed by atoms with Crippen LogP contribution in [0.4, 0.5) is 5.69 Å². The number of nitrogens with zero attached hydrogens (tertiary/aromatic N) is 2. The Hall–Kier alpha value is -1.05. The van der Waals surface area contributed by atoms with Gasteiger partial charge in [-0.1, -0.05) is 0 Å². The topological polar surface area (TPSA) is 6.25 Å². The predicted molar refractivity (Wildman–Crippen MR) is 109 cm³/mol. The van der Waals surface area contributed by atoms with Gasteiger partial charge in [0.2, 0.25) is 0 Å². The Morgan fingerprint density at radius 2 is 1.29 bits per heavy atom. The molecule has 2 rings (SSSR count). The molecule has 0 fully saturated rings. The van der Waals surface area contributed by atoms with Crippen LogP contribution in [0.1, 0.15) is 55.4 Å². The monoisotopic (exact) mass is 393 g/mol. The summed E-state index contributed by atoms with van der Waals surface area (Å²) in [5.41, 5.74) is 1.52. The van der Waals surface area contributed by atoms with E-state index in [1.165, 1.54) is 15.5 Å². The average molecular weight is 392 g/mol. The number of hydrogen-bond acceptors (Lipinski definition) is 1. The third kappa shape index (κ3) is 4.13. The number of benzene rings is 1. The molecule has 0 spiro atoms. The molecule has 132 valence electrons. The van der Waals surface area contributed by atoms with Crippen molar-refractivity contribution < 1.29 is 0 Å². The normalized spacial score (nSPS) is 12.2. The fraction of sp³-hybridized carbons (Fsp3) is 0.571. The van der Waals surface area contributed by atoms with Gasteiger partial charge in [-0.25, -0.2) is 0 Å². The van der Waals surface area contributed by atoms with E-state index in [0.29, 0.717) is 39.1 Å². The molecule has 0 N–H and O–H groups in total. The average Bonchev–Trinajstić information content (AvgIpc) is 3.11. The fourth-order valence-electron chi connectivity index (χ4n) is 3.56. The van der Waals surface area contributed by atoms with Crippen LogP contribution in [0.2, 0.25) is 0 Å². The van der Waals surface area contributed by atoms with Gasteiger partial charge in [0.15, 0.2) is 0 Å². The minimum absolute atomic E-state index is 0.385. The van der Waals surface area contributed by atoms with Crippen LogP contribution in [-0.2, 0) is 0 Å². The fourth-order valence-corrected chi connectivity index (χ4v) is 5.82. The first-order valence-electron chi connectivity index (χ1n) is 9.17. The zero-order chi connectivity index (χ0) is 18.0. The molecule has 0 unspecified atom stereocenters. The molecule has 0 aliphatic heterocycles. The van der Waals surface area contributed by atoms with Crippen LogP contribution in [0.15, 0.2) is 30.3 Å². The van der Waals surface area contributed by atoms with Gasteiger partial charge in [0.1, 0.15) is 0 Å². The summed E-state index contributed by atoms with van der Waals surface area (Å²) in [6.07, 6.45) is 0. The number of anilines is 1. The Balaban J connectivity index is 2.55. The summed E-state index contributed by atoms with van der Waals surface area (Å²) in [6, 6.07) is 13.1. The molecule has 0 radical (unpaired) electrons. The second kappa shape index (κ2) is 7.89. The van der Waals surface area contributed by atoms with Crippen LogP contribution < -0.4 is 23.8 Å². The van der Waals surface area contributed by atoms with Gasteiger partial charge in [-0.15, -0.1) is 0 Å². The van der Waals surface area contributed by atoms with E-state index in [1.54, 1.807) is 4.46 Å². The van der Waals surface area contributed by atoms with Crippen molar-refractivity contribution >= 4 is 29.6 Å². The summed E-state index contributed by atoms with van der Waals surface area (Å²) < 4.78 is 5.67. The minimum atomic E-state index is 0.385. The van der Waals surface area contributed by atoms with Gasteiger partial charge < -0.3 is 0 Å². The van der Waals surface area contributed by atoms with Gasteiger partial charge in [0.25, 0.3) is 0 Å². The Labute approximate surface area is 154 Å². The Kier molecular flexibility index (Phi) is 6.33. The van der Waals surface area contributed by atoms with Crippen LogP contribution in [0.3, 0.4) is 0 Å². The molecule has 0 bridgehead atoms. The van der Waals surface area contributed by atoms with Crippen molar-refractivity contribution in [3.63, 3.8) is 0 Å². The quantitative estimate of drug-likeness (QED) is 0.518. The number of rotatable bonds is 7. The van der Waals surface area contributed by atoms with E-state index in [2.05, 4.69) is 95.2 Å². The van der Waals surface area contributed by atoms with E-state index in [-0.39, 0.29) is 0 Å². The summed E-state index contributed by atoms with van der Waals surface area (Å²) in [7, 11) is 0. The summed E-state index contributed by atoms with van der Waals surface area (Å²) in [6.45, 7) is 18.5. The molecule has 3 heteroatoms. The molecule has 2 nitrogen and oxygen atoms in total. The van der Waals surface area contributed by atoms with Crippen molar-refractivity contribution in [2.75, 3.05) is 4.90 Å². The van der Waals surface area contributed by atoms with Gasteiger partial charge in [-0.05, 0) is 0 Å². The van der Waals surface area contributed by atoms with E-state index >= 15 is 0 Å². The van der Waals surface area contributed by atoms with Crippen LogP contribution in [0.25, 0.3) is 0 Å². The molecule has 0 amide bonds. The maximum atomic E-state index is 2.60. The Bertz CT molecular complexity index is 656. The first-order chi connectivity index (χ1) is 11.3. The van der Waals surface area contributed by atoms with Gasteiger partial charge in [0.05, 0.1) is 0 Å². The van der Waals surface area contributed by atoms with Gasteiger partial charge in [0, 0.05) is 0 Å². The Morgan fingerprint density at radius 3 is 1.71 bits per heavy atom. The van der Waals surface area contributed by atoms with Crippen LogP contribution in [0.5, 0.6) is 0 Å². The first-order valence-corrected chi connectivity index (χ1v) is 10.9. The standard InChI is InChI=1S/C21H33N2Se/c1-14(2)22(15(3)4)19-20(23(16(5)6)17(7)8)21(19)24-18-12-10-9-11-13-18/h9-17H,1-8H3/q+1.